The van der Waals surface area contributed by atoms with Crippen LogP contribution >= 0.6 is 27.7 Å². The van der Waals surface area contributed by atoms with Crippen LogP contribution in [0.25, 0.3) is 0 Å². The molecule has 1 heterocycles. The van der Waals surface area contributed by atoms with Crippen molar-refractivity contribution in [1.82, 2.24) is 4.98 Å². The molecule has 0 spiro atoms. The molecule has 0 saturated heterocycles. The van der Waals surface area contributed by atoms with Gasteiger partial charge in [0, 0.05) is 6.20 Å². The van der Waals surface area contributed by atoms with Crippen molar-refractivity contribution in [2.75, 3.05) is 0 Å². The van der Waals surface area contributed by atoms with Crippen molar-refractivity contribution in [3.8, 4) is 0 Å². The van der Waals surface area contributed by atoms with E-state index in [0.29, 0.717) is 15.5 Å². The Bertz CT molecular complexity index is 536. The van der Waals surface area contributed by atoms with E-state index >= 15 is 0 Å². The summed E-state index contributed by atoms with van der Waals surface area (Å²) in [6.45, 7) is -0.190. The van der Waals surface area contributed by atoms with Crippen LogP contribution in [-0.4, -0.2) is 10.1 Å². The Hall–Kier alpha value is -0.910. The van der Waals surface area contributed by atoms with Crippen LogP contribution in [0.4, 0.5) is 4.39 Å². The summed E-state index contributed by atoms with van der Waals surface area (Å²) in [5, 5.41) is 9.85. The molecule has 88 valence electrons. The third-order valence-electron chi connectivity index (χ3n) is 2.14. The molecule has 2 nitrogen and oxygen atoms in total. The topological polar surface area (TPSA) is 33.1 Å². The second kappa shape index (κ2) is 5.62. The first-order chi connectivity index (χ1) is 8.22. The molecule has 0 bridgehead atoms. The average Bonchev–Trinajstić information content (AvgIpc) is 2.34. The third kappa shape index (κ3) is 2.86. The minimum atomic E-state index is -0.348. The van der Waals surface area contributed by atoms with Crippen molar-refractivity contribution < 1.29 is 9.50 Å². The van der Waals surface area contributed by atoms with Gasteiger partial charge in [-0.1, -0.05) is 23.9 Å². The van der Waals surface area contributed by atoms with Gasteiger partial charge in [-0.05, 0) is 39.7 Å². The van der Waals surface area contributed by atoms with Crippen molar-refractivity contribution in [3.63, 3.8) is 0 Å². The lowest BCUT2D eigenvalue weighted by molar-refractivity contribution is 0.277. The molecule has 5 heteroatoms. The predicted molar refractivity (Wildman–Crippen MR) is 68.4 cm³/mol. The van der Waals surface area contributed by atoms with Gasteiger partial charge in [-0.2, -0.15) is 0 Å². The number of benzene rings is 1. The van der Waals surface area contributed by atoms with Gasteiger partial charge in [0.05, 0.1) is 16.0 Å². The maximum absolute atomic E-state index is 13.7. The van der Waals surface area contributed by atoms with Gasteiger partial charge in [-0.15, -0.1) is 0 Å². The third-order valence-corrected chi connectivity index (χ3v) is 4.22. The van der Waals surface area contributed by atoms with Crippen LogP contribution in [0.1, 0.15) is 5.56 Å². The molecule has 1 N–H and O–H groups in total. The summed E-state index contributed by atoms with van der Waals surface area (Å²) >= 11 is 4.56. The highest BCUT2D eigenvalue weighted by atomic mass is 79.9. The summed E-state index contributed by atoms with van der Waals surface area (Å²) in [6, 6.07) is 8.29. The quantitative estimate of drug-likeness (QED) is 0.939. The highest BCUT2D eigenvalue weighted by Gasteiger charge is 2.11. The first-order valence-corrected chi connectivity index (χ1v) is 6.50. The molecular formula is C12H9BrFNOS. The fourth-order valence-corrected chi connectivity index (χ4v) is 2.73. The maximum Gasteiger partial charge on any atom is 0.137 e. The second-order valence-electron chi connectivity index (χ2n) is 3.28. The molecule has 0 fully saturated rings. The molecule has 0 unspecified atom stereocenters. The summed E-state index contributed by atoms with van der Waals surface area (Å²) in [7, 11) is 0. The average molecular weight is 314 g/mol. The number of rotatable bonds is 3. The Morgan fingerprint density at radius 2 is 2.12 bits per heavy atom. The zero-order valence-corrected chi connectivity index (χ0v) is 11.1. The van der Waals surface area contributed by atoms with Crippen molar-refractivity contribution >= 4 is 27.7 Å². The molecule has 1 aromatic carbocycles. The van der Waals surface area contributed by atoms with E-state index in [0.717, 1.165) is 4.47 Å². The van der Waals surface area contributed by atoms with Crippen LogP contribution in [-0.2, 0) is 6.61 Å². The van der Waals surface area contributed by atoms with Gasteiger partial charge in [0.2, 0.25) is 0 Å². The van der Waals surface area contributed by atoms with E-state index < -0.39 is 0 Å². The van der Waals surface area contributed by atoms with Gasteiger partial charge in [-0.3, -0.25) is 0 Å². The van der Waals surface area contributed by atoms with Crippen LogP contribution in [0.15, 0.2) is 50.9 Å². The molecule has 0 saturated carbocycles. The monoisotopic (exact) mass is 313 g/mol. The summed E-state index contributed by atoms with van der Waals surface area (Å²) in [5.41, 5.74) is 0.563. The standard InChI is InChI=1S/C12H9BrFNOS/c13-9-4-2-6-15-12(9)17-11-8(7-16)3-1-5-10(11)14/h1-6,16H,7H2. The van der Waals surface area contributed by atoms with Crippen molar-refractivity contribution in [2.45, 2.75) is 16.5 Å². The number of hydrogen-bond acceptors (Lipinski definition) is 3. The molecule has 17 heavy (non-hydrogen) atoms. The summed E-state index contributed by atoms with van der Waals surface area (Å²) in [5.74, 6) is -0.348. The smallest absolute Gasteiger partial charge is 0.137 e. The normalized spacial score (nSPS) is 10.5. The lowest BCUT2D eigenvalue weighted by atomic mass is 10.2. The zero-order valence-electron chi connectivity index (χ0n) is 8.73. The number of nitrogens with zero attached hydrogens (tertiary/aromatic N) is 1. The fraction of sp³-hybridized carbons (Fsp3) is 0.0833. The number of halogens is 2. The lowest BCUT2D eigenvalue weighted by Gasteiger charge is -2.08. The number of aromatic nitrogens is 1. The molecule has 0 radical (unpaired) electrons. The van der Waals surface area contributed by atoms with E-state index in [4.69, 9.17) is 0 Å². The van der Waals surface area contributed by atoms with Gasteiger partial charge in [0.15, 0.2) is 0 Å². The van der Waals surface area contributed by atoms with Crippen LogP contribution in [0.2, 0.25) is 0 Å². The Morgan fingerprint density at radius 1 is 1.29 bits per heavy atom. The van der Waals surface area contributed by atoms with Crippen LogP contribution in [0, 0.1) is 5.82 Å². The van der Waals surface area contributed by atoms with E-state index in [1.165, 1.54) is 17.8 Å². The van der Waals surface area contributed by atoms with Crippen LogP contribution in [0.5, 0.6) is 0 Å². The highest BCUT2D eigenvalue weighted by Crippen LogP contribution is 2.35. The second-order valence-corrected chi connectivity index (χ2v) is 5.13. The highest BCUT2D eigenvalue weighted by molar-refractivity contribution is 9.10. The van der Waals surface area contributed by atoms with Crippen LogP contribution < -0.4 is 0 Å². The molecule has 1 aromatic heterocycles. The molecular weight excluding hydrogens is 305 g/mol. The molecule has 0 amide bonds. The van der Waals surface area contributed by atoms with E-state index in [2.05, 4.69) is 20.9 Å². The summed E-state index contributed by atoms with van der Waals surface area (Å²) < 4.78 is 14.5. The minimum Gasteiger partial charge on any atom is -0.392 e. The Labute approximate surface area is 111 Å². The number of aliphatic hydroxyl groups is 1. The van der Waals surface area contributed by atoms with Crippen molar-refractivity contribution in [3.05, 3.63) is 52.4 Å². The van der Waals surface area contributed by atoms with E-state index in [1.807, 2.05) is 6.07 Å². The largest absolute Gasteiger partial charge is 0.392 e. The van der Waals surface area contributed by atoms with E-state index in [9.17, 15) is 9.50 Å². The Balaban J connectivity index is 2.39. The Morgan fingerprint density at radius 3 is 2.82 bits per heavy atom. The summed E-state index contributed by atoms with van der Waals surface area (Å²) in [6.07, 6.45) is 1.65. The van der Waals surface area contributed by atoms with Crippen molar-refractivity contribution in [2.24, 2.45) is 0 Å². The molecule has 0 aliphatic rings. The molecule has 2 rings (SSSR count). The molecule has 2 aromatic rings. The zero-order chi connectivity index (χ0) is 12.3. The van der Waals surface area contributed by atoms with Gasteiger partial charge < -0.3 is 5.11 Å². The minimum absolute atomic E-state index is 0.190. The summed E-state index contributed by atoms with van der Waals surface area (Å²) in [4.78, 5) is 4.57. The van der Waals surface area contributed by atoms with Crippen LogP contribution in [0.3, 0.4) is 0 Å². The van der Waals surface area contributed by atoms with Gasteiger partial charge in [0.1, 0.15) is 10.8 Å². The van der Waals surface area contributed by atoms with Crippen molar-refractivity contribution in [1.29, 1.82) is 0 Å². The molecule has 0 atom stereocenters. The van der Waals surface area contributed by atoms with Gasteiger partial charge in [0.25, 0.3) is 0 Å². The molecule has 0 aliphatic heterocycles. The molecule has 0 aliphatic carbocycles. The first kappa shape index (κ1) is 12.5. The number of aliphatic hydroxyl groups excluding tert-OH is 1. The lowest BCUT2D eigenvalue weighted by Crippen LogP contribution is -1.92. The van der Waals surface area contributed by atoms with E-state index in [1.54, 1.807) is 24.4 Å². The first-order valence-electron chi connectivity index (χ1n) is 4.89. The number of pyridine rings is 1. The fourth-order valence-electron chi connectivity index (χ4n) is 1.34. The maximum atomic E-state index is 13.7. The Kier molecular flexibility index (Phi) is 4.15. The van der Waals surface area contributed by atoms with Gasteiger partial charge in [-0.25, -0.2) is 9.37 Å². The number of hydrogen-bond donors (Lipinski definition) is 1. The predicted octanol–water partition coefficient (Wildman–Crippen LogP) is 3.63. The SMILES string of the molecule is OCc1cccc(F)c1Sc1ncccc1Br. The van der Waals surface area contributed by atoms with Gasteiger partial charge >= 0.3 is 0 Å². The van der Waals surface area contributed by atoms with E-state index in [-0.39, 0.29) is 12.4 Å².